The fraction of sp³-hybridized carbons (Fsp3) is 0.538. The molecule has 0 radical (unpaired) electrons. The third-order valence-electron chi connectivity index (χ3n) is 5.54. The molecule has 8 nitrogen and oxygen atoms in total. The smallest absolute Gasteiger partial charge is 0.360 e. The molecule has 1 fully saturated rings. The van der Waals surface area contributed by atoms with E-state index in [2.05, 4.69) is 10.3 Å². The third kappa shape index (κ3) is 7.71. The maximum absolute atomic E-state index is 13.0. The Morgan fingerprint density at radius 3 is 2.38 bits per heavy atom. The molecule has 0 saturated heterocycles. The lowest BCUT2D eigenvalue weighted by Gasteiger charge is -2.17. The fourth-order valence-electron chi connectivity index (χ4n) is 3.04. The van der Waals surface area contributed by atoms with E-state index in [4.69, 9.17) is 14.2 Å². The van der Waals surface area contributed by atoms with Crippen LogP contribution in [0.15, 0.2) is 29.5 Å². The maximum atomic E-state index is 13.0. The topological polar surface area (TPSA) is 104 Å². The molecule has 1 N–H and O–H groups in total. The van der Waals surface area contributed by atoms with Gasteiger partial charge < -0.3 is 19.5 Å². The first-order valence-electron chi connectivity index (χ1n) is 11.7. The molecular formula is C26H36N2O6. The molecule has 0 spiro atoms. The molecular weight excluding hydrogens is 436 g/mol. The number of methoxy groups -OCH3 is 1. The minimum atomic E-state index is -1.11. The lowest BCUT2D eigenvalue weighted by atomic mass is 10.0. The van der Waals surface area contributed by atoms with Crippen molar-refractivity contribution < 1.29 is 28.6 Å². The van der Waals surface area contributed by atoms with Gasteiger partial charge in [0.2, 0.25) is 6.29 Å². The number of carbonyl (C=O) groups excluding carboxylic acids is 3. The van der Waals surface area contributed by atoms with Crippen LogP contribution >= 0.6 is 0 Å². The quantitative estimate of drug-likeness (QED) is 0.216. The molecule has 8 heteroatoms. The number of hydrogen-bond donors (Lipinski definition) is 1. The van der Waals surface area contributed by atoms with Gasteiger partial charge in [0.15, 0.2) is 5.69 Å². The van der Waals surface area contributed by atoms with Crippen molar-refractivity contribution in [2.75, 3.05) is 13.7 Å². The van der Waals surface area contributed by atoms with E-state index >= 15 is 0 Å². The molecule has 186 valence electrons. The summed E-state index contributed by atoms with van der Waals surface area (Å²) in [4.78, 5) is 41.8. The van der Waals surface area contributed by atoms with E-state index in [1.165, 1.54) is 6.92 Å². The van der Waals surface area contributed by atoms with Gasteiger partial charge in [0.1, 0.15) is 11.5 Å². The van der Waals surface area contributed by atoms with Gasteiger partial charge in [-0.15, -0.1) is 0 Å². The summed E-state index contributed by atoms with van der Waals surface area (Å²) >= 11 is 0. The van der Waals surface area contributed by atoms with Crippen molar-refractivity contribution >= 4 is 23.4 Å². The van der Waals surface area contributed by atoms with Gasteiger partial charge in [0, 0.05) is 19.0 Å². The monoisotopic (exact) mass is 472 g/mol. The molecule has 1 aromatic rings. The molecule has 1 aliphatic rings. The van der Waals surface area contributed by atoms with Gasteiger partial charge in [-0.1, -0.05) is 20.8 Å². The van der Waals surface area contributed by atoms with Gasteiger partial charge in [0.25, 0.3) is 5.91 Å². The van der Waals surface area contributed by atoms with E-state index in [1.54, 1.807) is 33.1 Å². The van der Waals surface area contributed by atoms with Crippen molar-refractivity contribution in [3.05, 3.63) is 46.5 Å². The molecule has 0 aromatic carbocycles. The fourth-order valence-corrected chi connectivity index (χ4v) is 3.04. The number of allylic oxidation sites excluding steroid dienone is 3. The van der Waals surface area contributed by atoms with Crippen LogP contribution in [0.5, 0.6) is 0 Å². The van der Waals surface area contributed by atoms with Gasteiger partial charge in [-0.2, -0.15) is 0 Å². The highest BCUT2D eigenvalue weighted by Crippen LogP contribution is 2.28. The van der Waals surface area contributed by atoms with E-state index in [1.807, 2.05) is 26.8 Å². The number of pyridine rings is 1. The van der Waals surface area contributed by atoms with Gasteiger partial charge in [-0.25, -0.2) is 9.78 Å². The van der Waals surface area contributed by atoms with Crippen molar-refractivity contribution in [2.24, 2.45) is 11.8 Å². The third-order valence-corrected chi connectivity index (χ3v) is 5.54. The Balaban J connectivity index is 2.38. The van der Waals surface area contributed by atoms with Crippen molar-refractivity contribution in [3.63, 3.8) is 0 Å². The van der Waals surface area contributed by atoms with Gasteiger partial charge in [0.05, 0.1) is 13.0 Å². The summed E-state index contributed by atoms with van der Waals surface area (Å²) < 4.78 is 16.0. The van der Waals surface area contributed by atoms with Crippen molar-refractivity contribution in [1.82, 2.24) is 10.3 Å². The molecule has 1 aliphatic carbocycles. The van der Waals surface area contributed by atoms with E-state index < -0.39 is 18.2 Å². The summed E-state index contributed by atoms with van der Waals surface area (Å²) in [7, 11) is 1.59. The number of rotatable bonds is 11. The minimum Gasteiger partial charge on any atom is -0.497 e. The zero-order valence-corrected chi connectivity index (χ0v) is 21.2. The number of carbonyl (C=O) groups is 3. The van der Waals surface area contributed by atoms with Crippen molar-refractivity contribution in [2.45, 2.75) is 67.1 Å². The molecule has 1 amide bonds. The van der Waals surface area contributed by atoms with E-state index in [9.17, 15) is 14.4 Å². The van der Waals surface area contributed by atoms with Gasteiger partial charge >= 0.3 is 11.9 Å². The molecule has 1 heterocycles. The maximum Gasteiger partial charge on any atom is 0.360 e. The van der Waals surface area contributed by atoms with Crippen LogP contribution in [0.2, 0.25) is 0 Å². The number of nitrogens with zero attached hydrogens (tertiary/aromatic N) is 1. The predicted octanol–water partition coefficient (Wildman–Crippen LogP) is 4.66. The number of nitrogens with one attached hydrogen (secondary N) is 1. The SMILES string of the molecule is CC/C(C)=C(/C=C(\C)c1ccc(C(=O)NCC2CC2)nc1C(=O)OC(C)OC(=O)C(C)C)OC. The zero-order valence-electron chi connectivity index (χ0n) is 21.2. The van der Waals surface area contributed by atoms with Crippen LogP contribution in [0, 0.1) is 11.8 Å². The van der Waals surface area contributed by atoms with Gasteiger partial charge in [-0.05, 0) is 68.4 Å². The van der Waals surface area contributed by atoms with Crippen molar-refractivity contribution in [1.29, 1.82) is 0 Å². The largest absolute Gasteiger partial charge is 0.497 e. The molecule has 1 unspecified atom stereocenters. The Labute approximate surface area is 201 Å². The summed E-state index contributed by atoms with van der Waals surface area (Å²) in [5, 5.41) is 2.85. The van der Waals surface area contributed by atoms with E-state index in [0.29, 0.717) is 29.4 Å². The second-order valence-corrected chi connectivity index (χ2v) is 8.84. The first kappa shape index (κ1) is 27.1. The Hall–Kier alpha value is -3.16. The molecule has 1 aromatic heterocycles. The average Bonchev–Trinajstić information content (AvgIpc) is 3.64. The zero-order chi connectivity index (χ0) is 25.4. The van der Waals surface area contributed by atoms with Crippen LogP contribution in [0.1, 0.15) is 87.3 Å². The van der Waals surface area contributed by atoms with Crippen LogP contribution in [0.4, 0.5) is 0 Å². The van der Waals surface area contributed by atoms with Crippen molar-refractivity contribution in [3.8, 4) is 0 Å². The molecule has 1 saturated carbocycles. The molecule has 34 heavy (non-hydrogen) atoms. The molecule has 2 rings (SSSR count). The Morgan fingerprint density at radius 2 is 1.82 bits per heavy atom. The lowest BCUT2D eigenvalue weighted by Crippen LogP contribution is -2.28. The van der Waals surface area contributed by atoms with Crippen LogP contribution in [-0.4, -0.2) is 42.8 Å². The Morgan fingerprint density at radius 1 is 1.15 bits per heavy atom. The number of aromatic nitrogens is 1. The minimum absolute atomic E-state index is 0.0372. The normalized spacial score (nSPS) is 15.4. The first-order valence-corrected chi connectivity index (χ1v) is 11.7. The molecule has 1 atom stereocenters. The summed E-state index contributed by atoms with van der Waals surface area (Å²) in [6, 6.07) is 3.25. The summed E-state index contributed by atoms with van der Waals surface area (Å²) in [5.74, 6) is -0.797. The second-order valence-electron chi connectivity index (χ2n) is 8.84. The summed E-state index contributed by atoms with van der Waals surface area (Å²) in [6.07, 6.45) is 3.73. The van der Waals surface area contributed by atoms with Crippen LogP contribution in [0.3, 0.4) is 0 Å². The first-order chi connectivity index (χ1) is 16.1. The lowest BCUT2D eigenvalue weighted by molar-refractivity contribution is -0.169. The number of hydrogen-bond acceptors (Lipinski definition) is 7. The Bertz CT molecular complexity index is 976. The highest BCUT2D eigenvalue weighted by molar-refractivity contribution is 5.97. The molecule has 0 bridgehead atoms. The number of esters is 2. The van der Waals surface area contributed by atoms with E-state index in [0.717, 1.165) is 24.8 Å². The predicted molar refractivity (Wildman–Crippen MR) is 129 cm³/mol. The highest BCUT2D eigenvalue weighted by atomic mass is 16.7. The number of ether oxygens (including phenoxy) is 3. The molecule has 0 aliphatic heterocycles. The average molecular weight is 473 g/mol. The van der Waals surface area contributed by atoms with Crippen LogP contribution in [0.25, 0.3) is 5.57 Å². The van der Waals surface area contributed by atoms with Crippen LogP contribution < -0.4 is 5.32 Å². The highest BCUT2D eigenvalue weighted by Gasteiger charge is 2.25. The van der Waals surface area contributed by atoms with Gasteiger partial charge in [-0.3, -0.25) is 9.59 Å². The number of amides is 1. The standard InChI is InChI=1S/C26H36N2O6/c1-8-16(4)22(32-7)13-17(5)20-11-12-21(24(29)27-14-19-9-10-19)28-23(20)26(31)34-18(6)33-25(30)15(2)3/h11-13,15,18-19H,8-10,14H2,1-7H3,(H,27,29)/b17-13+,22-16-. The summed E-state index contributed by atoms with van der Waals surface area (Å²) in [6.45, 7) is 11.2. The Kier molecular flexibility index (Phi) is 9.83. The second kappa shape index (κ2) is 12.3. The summed E-state index contributed by atoms with van der Waals surface area (Å²) in [5.41, 5.74) is 2.32. The van der Waals surface area contributed by atoms with E-state index in [-0.39, 0.29) is 23.2 Å². The van der Waals surface area contributed by atoms with Crippen LogP contribution in [-0.2, 0) is 19.0 Å².